The summed E-state index contributed by atoms with van der Waals surface area (Å²) >= 11 is 0. The highest BCUT2D eigenvalue weighted by molar-refractivity contribution is 5.97. The van der Waals surface area contributed by atoms with Crippen LogP contribution in [0.1, 0.15) is 17.3 Å². The molecule has 6 heteroatoms. The first-order valence-corrected chi connectivity index (χ1v) is 7.73. The van der Waals surface area contributed by atoms with Crippen LogP contribution in [0.3, 0.4) is 0 Å². The molecule has 3 rings (SSSR count). The minimum atomic E-state index is -0.595. The number of amides is 1. The molecule has 2 atom stereocenters. The van der Waals surface area contributed by atoms with Crippen LogP contribution >= 0.6 is 0 Å². The van der Waals surface area contributed by atoms with E-state index in [4.69, 9.17) is 9.15 Å². The summed E-state index contributed by atoms with van der Waals surface area (Å²) in [4.78, 5) is 14.5. The molecule has 0 unspecified atom stereocenters. The summed E-state index contributed by atoms with van der Waals surface area (Å²) in [7, 11) is 1.95. The summed E-state index contributed by atoms with van der Waals surface area (Å²) in [5.41, 5.74) is 0.622. The van der Waals surface area contributed by atoms with Gasteiger partial charge in [-0.15, -0.1) is 0 Å². The number of hydrogen-bond donors (Lipinski definition) is 2. The molecule has 2 heterocycles. The summed E-state index contributed by atoms with van der Waals surface area (Å²) in [6.45, 7) is 3.30. The van der Waals surface area contributed by atoms with Gasteiger partial charge in [-0.05, 0) is 32.2 Å². The molecule has 1 aliphatic rings. The molecule has 1 aromatic carbocycles. The van der Waals surface area contributed by atoms with Gasteiger partial charge in [0.25, 0.3) is 5.91 Å². The Bertz CT molecular complexity index is 699. The lowest BCUT2D eigenvalue weighted by Crippen LogP contribution is -2.65. The summed E-state index contributed by atoms with van der Waals surface area (Å²) < 4.78 is 10.9. The number of carbonyl (C=O) groups excluding carboxylic acids is 1. The fourth-order valence-corrected chi connectivity index (χ4v) is 2.93. The molecule has 2 N–H and O–H groups in total. The third-order valence-electron chi connectivity index (χ3n) is 4.73. The molecule has 0 spiro atoms. The maximum Gasteiger partial charge on any atom is 0.251 e. The molecule has 2 aromatic rings. The van der Waals surface area contributed by atoms with Crippen LogP contribution in [0.4, 0.5) is 0 Å². The van der Waals surface area contributed by atoms with E-state index in [1.807, 2.05) is 26.1 Å². The molecule has 0 saturated carbocycles. The first kappa shape index (κ1) is 16.0. The van der Waals surface area contributed by atoms with Crippen molar-refractivity contribution < 1.29 is 19.1 Å². The van der Waals surface area contributed by atoms with Gasteiger partial charge in [0.15, 0.2) is 0 Å². The van der Waals surface area contributed by atoms with E-state index < -0.39 is 5.54 Å². The van der Waals surface area contributed by atoms with Crippen molar-refractivity contribution in [3.63, 3.8) is 0 Å². The number of nitrogens with one attached hydrogen (secondary N) is 1. The number of hydrogen-bond acceptors (Lipinski definition) is 5. The summed E-state index contributed by atoms with van der Waals surface area (Å²) in [5, 5.41) is 13.7. The highest BCUT2D eigenvalue weighted by Crippen LogP contribution is 2.22. The average molecular weight is 318 g/mol. The van der Waals surface area contributed by atoms with Crippen LogP contribution in [0.5, 0.6) is 0 Å². The molecule has 1 saturated heterocycles. The quantitative estimate of drug-likeness (QED) is 0.887. The second kappa shape index (κ2) is 6.31. The Morgan fingerprint density at radius 1 is 1.48 bits per heavy atom. The smallest absolute Gasteiger partial charge is 0.251 e. The van der Waals surface area contributed by atoms with Crippen LogP contribution in [0.2, 0.25) is 0 Å². The third-order valence-corrected chi connectivity index (χ3v) is 4.73. The number of aliphatic hydroxyl groups excluding tert-OH is 1. The number of fused-ring (bicyclic) bond motifs is 1. The Labute approximate surface area is 135 Å². The molecule has 1 aromatic heterocycles. The predicted molar refractivity (Wildman–Crippen MR) is 86.4 cm³/mol. The first-order valence-electron chi connectivity index (χ1n) is 7.73. The maximum absolute atomic E-state index is 12.4. The molecule has 6 nitrogen and oxygen atoms in total. The van der Waals surface area contributed by atoms with Crippen LogP contribution < -0.4 is 5.32 Å². The monoisotopic (exact) mass is 318 g/mol. The molecular weight excluding hydrogens is 296 g/mol. The van der Waals surface area contributed by atoms with Gasteiger partial charge in [0.2, 0.25) is 0 Å². The normalized spacial score (nSPS) is 25.6. The van der Waals surface area contributed by atoms with E-state index in [2.05, 4.69) is 10.2 Å². The zero-order chi connectivity index (χ0) is 16.4. The first-order chi connectivity index (χ1) is 11.1. The molecule has 0 bridgehead atoms. The predicted octanol–water partition coefficient (Wildman–Crippen LogP) is 1.24. The van der Waals surface area contributed by atoms with E-state index in [1.54, 1.807) is 18.4 Å². The summed E-state index contributed by atoms with van der Waals surface area (Å²) in [6.07, 6.45) is 1.60. The largest absolute Gasteiger partial charge is 0.464 e. The van der Waals surface area contributed by atoms with E-state index in [9.17, 15) is 9.90 Å². The zero-order valence-electron chi connectivity index (χ0n) is 13.4. The Hall–Kier alpha value is -1.89. The van der Waals surface area contributed by atoms with Gasteiger partial charge in [-0.3, -0.25) is 9.69 Å². The standard InChI is InChI=1S/C17H22N2O4/c1-12-8-22-11-17(10-20,19(12)2)9-18-16(21)14-4-3-13-5-6-23-15(13)7-14/h3-7,12,20H,8-11H2,1-2H3,(H,18,21)/t12-,17+/m1/s1. The molecule has 124 valence electrons. The van der Waals surface area contributed by atoms with Gasteiger partial charge < -0.3 is 19.6 Å². The van der Waals surface area contributed by atoms with Gasteiger partial charge in [0, 0.05) is 23.5 Å². The van der Waals surface area contributed by atoms with Crippen molar-refractivity contribution in [3.05, 3.63) is 36.1 Å². The van der Waals surface area contributed by atoms with Crippen LogP contribution in [0.25, 0.3) is 11.0 Å². The fourth-order valence-electron chi connectivity index (χ4n) is 2.93. The van der Waals surface area contributed by atoms with Gasteiger partial charge in [0.05, 0.1) is 31.6 Å². The molecule has 1 amide bonds. The van der Waals surface area contributed by atoms with Gasteiger partial charge >= 0.3 is 0 Å². The van der Waals surface area contributed by atoms with Crippen LogP contribution in [-0.2, 0) is 4.74 Å². The highest BCUT2D eigenvalue weighted by atomic mass is 16.5. The highest BCUT2D eigenvalue weighted by Gasteiger charge is 2.40. The minimum absolute atomic E-state index is 0.0780. The Morgan fingerprint density at radius 3 is 3.09 bits per heavy atom. The van der Waals surface area contributed by atoms with Gasteiger partial charge in [-0.1, -0.05) is 6.07 Å². The lowest BCUT2D eigenvalue weighted by Gasteiger charge is -2.47. The molecule has 0 aliphatic carbocycles. The number of morpholine rings is 1. The number of aliphatic hydroxyl groups is 1. The SMILES string of the molecule is C[C@@H]1COC[C@@](CO)(CNC(=O)c2ccc3ccoc3c2)N1C. The lowest BCUT2D eigenvalue weighted by atomic mass is 9.96. The van der Waals surface area contributed by atoms with Gasteiger partial charge in [-0.2, -0.15) is 0 Å². The van der Waals surface area contributed by atoms with Crippen molar-refractivity contribution in [1.29, 1.82) is 0 Å². The van der Waals surface area contributed by atoms with Crippen molar-refractivity contribution in [1.82, 2.24) is 10.2 Å². The molecule has 0 radical (unpaired) electrons. The Morgan fingerprint density at radius 2 is 2.30 bits per heavy atom. The third kappa shape index (κ3) is 2.97. The Balaban J connectivity index is 1.71. The number of likely N-dealkylation sites (N-methyl/N-ethyl adjacent to an activating group) is 1. The maximum atomic E-state index is 12.4. The van der Waals surface area contributed by atoms with Gasteiger partial charge in [0.1, 0.15) is 5.58 Å². The molecular formula is C17H22N2O4. The second-order valence-corrected chi connectivity index (χ2v) is 6.21. The van der Waals surface area contributed by atoms with E-state index >= 15 is 0 Å². The zero-order valence-corrected chi connectivity index (χ0v) is 13.4. The minimum Gasteiger partial charge on any atom is -0.464 e. The number of furan rings is 1. The summed E-state index contributed by atoms with van der Waals surface area (Å²) in [6, 6.07) is 7.39. The van der Waals surface area contributed by atoms with Crippen molar-refractivity contribution in [2.24, 2.45) is 0 Å². The lowest BCUT2D eigenvalue weighted by molar-refractivity contribution is -0.105. The van der Waals surface area contributed by atoms with Crippen LogP contribution in [0.15, 0.2) is 34.9 Å². The topological polar surface area (TPSA) is 74.9 Å². The number of nitrogens with zero attached hydrogens (tertiary/aromatic N) is 1. The molecule has 1 aliphatic heterocycles. The van der Waals surface area contributed by atoms with Gasteiger partial charge in [-0.25, -0.2) is 0 Å². The second-order valence-electron chi connectivity index (χ2n) is 6.21. The average Bonchev–Trinajstić information content (AvgIpc) is 3.04. The van der Waals surface area contributed by atoms with Crippen molar-refractivity contribution in [2.75, 3.05) is 33.4 Å². The van der Waals surface area contributed by atoms with E-state index in [0.717, 1.165) is 5.39 Å². The number of rotatable bonds is 4. The molecule has 23 heavy (non-hydrogen) atoms. The van der Waals surface area contributed by atoms with Crippen molar-refractivity contribution in [2.45, 2.75) is 18.5 Å². The van der Waals surface area contributed by atoms with Crippen molar-refractivity contribution in [3.8, 4) is 0 Å². The summed E-state index contributed by atoms with van der Waals surface area (Å²) in [5.74, 6) is -0.192. The van der Waals surface area contributed by atoms with E-state index in [-0.39, 0.29) is 18.6 Å². The number of carbonyl (C=O) groups is 1. The van der Waals surface area contributed by atoms with Crippen molar-refractivity contribution >= 4 is 16.9 Å². The van der Waals surface area contributed by atoms with Crippen LogP contribution in [0, 0.1) is 0 Å². The Kier molecular flexibility index (Phi) is 4.39. The van der Waals surface area contributed by atoms with Crippen LogP contribution in [-0.4, -0.2) is 60.9 Å². The molecule has 1 fully saturated rings. The number of benzene rings is 1. The number of ether oxygens (including phenoxy) is 1. The fraction of sp³-hybridized carbons (Fsp3) is 0.471. The van der Waals surface area contributed by atoms with E-state index in [0.29, 0.717) is 30.9 Å². The van der Waals surface area contributed by atoms with E-state index in [1.165, 1.54) is 0 Å².